The van der Waals surface area contributed by atoms with Crippen molar-refractivity contribution in [2.45, 2.75) is 6.92 Å². The lowest BCUT2D eigenvalue weighted by Gasteiger charge is -2.04. The van der Waals surface area contributed by atoms with Crippen LogP contribution in [0.4, 0.5) is 0 Å². The smallest absolute Gasteiger partial charge is 0.355 e. The van der Waals surface area contributed by atoms with Gasteiger partial charge in [0.05, 0.1) is 31.9 Å². The highest BCUT2D eigenvalue weighted by molar-refractivity contribution is 6.33. The third-order valence-electron chi connectivity index (χ3n) is 2.85. The van der Waals surface area contributed by atoms with E-state index in [4.69, 9.17) is 26.2 Å². The van der Waals surface area contributed by atoms with Crippen molar-refractivity contribution in [3.63, 3.8) is 0 Å². The van der Waals surface area contributed by atoms with Gasteiger partial charge in [0.2, 0.25) is 0 Å². The van der Waals surface area contributed by atoms with E-state index >= 15 is 0 Å². The number of benzene rings is 1. The van der Waals surface area contributed by atoms with Crippen LogP contribution in [0.5, 0.6) is 5.75 Å². The molecule has 0 saturated heterocycles. The monoisotopic (exact) mass is 343 g/mol. The van der Waals surface area contributed by atoms with Crippen molar-refractivity contribution in [1.29, 1.82) is 0 Å². The number of ether oxygens (including phenoxy) is 3. The summed E-state index contributed by atoms with van der Waals surface area (Å²) in [5.74, 6) is -0.933. The van der Waals surface area contributed by atoms with Gasteiger partial charge in [-0.3, -0.25) is 0 Å². The zero-order chi connectivity index (χ0) is 17.6. The number of aliphatic hydroxyl groups is 1. The average Bonchev–Trinajstić information content (AvgIpc) is 2.91. The second kappa shape index (κ2) is 8.40. The van der Waals surface area contributed by atoms with Gasteiger partial charge in [0, 0.05) is 17.5 Å². The number of halogens is 1. The Labute approximate surface area is 138 Å². The van der Waals surface area contributed by atoms with E-state index in [2.05, 4.69) is 9.72 Å². The fourth-order valence-corrected chi connectivity index (χ4v) is 2.16. The van der Waals surface area contributed by atoms with E-state index in [1.807, 2.05) is 0 Å². The molecule has 1 aromatic heterocycles. The lowest BCUT2D eigenvalue weighted by Crippen LogP contribution is -2.10. The fourth-order valence-electron chi connectivity index (χ4n) is 1.92. The van der Waals surface area contributed by atoms with Gasteiger partial charge in [-0.1, -0.05) is 11.6 Å². The van der Waals surface area contributed by atoms with Crippen LogP contribution in [0.2, 0.25) is 5.02 Å². The van der Waals surface area contributed by atoms with Crippen molar-refractivity contribution in [2.24, 2.45) is 0 Å². The standard InChI is InChI=1S/C13H12ClNO5.C2H6O/c1-18-9-4-6-8(5-7(9)14)15-11(13(17)20-3)10(6)12(16)19-2;1-2-3/h4-5,15H,1-3H3;3H,2H2,1H3. The largest absolute Gasteiger partial charge is 0.495 e. The van der Waals surface area contributed by atoms with E-state index in [0.717, 1.165) is 0 Å². The first-order valence-corrected chi connectivity index (χ1v) is 6.99. The maximum atomic E-state index is 11.9. The van der Waals surface area contributed by atoms with Gasteiger partial charge < -0.3 is 24.3 Å². The molecule has 8 heteroatoms. The number of nitrogens with one attached hydrogen (secondary N) is 1. The lowest BCUT2D eigenvalue weighted by atomic mass is 10.1. The van der Waals surface area contributed by atoms with Crippen LogP contribution in [0.15, 0.2) is 12.1 Å². The number of aliphatic hydroxyl groups excluding tert-OH is 1. The number of fused-ring (bicyclic) bond motifs is 1. The fraction of sp³-hybridized carbons (Fsp3) is 0.333. The molecule has 0 aliphatic carbocycles. The van der Waals surface area contributed by atoms with Gasteiger partial charge in [-0.05, 0) is 19.1 Å². The summed E-state index contributed by atoms with van der Waals surface area (Å²) in [6.07, 6.45) is 0. The molecule has 0 amide bonds. The molecule has 0 unspecified atom stereocenters. The molecule has 1 heterocycles. The van der Waals surface area contributed by atoms with Crippen LogP contribution >= 0.6 is 11.6 Å². The van der Waals surface area contributed by atoms with Crippen molar-refractivity contribution >= 4 is 34.4 Å². The van der Waals surface area contributed by atoms with Crippen LogP contribution in [0.1, 0.15) is 27.8 Å². The predicted octanol–water partition coefficient (Wildman–Crippen LogP) is 2.40. The molecule has 126 valence electrons. The van der Waals surface area contributed by atoms with Crippen molar-refractivity contribution in [1.82, 2.24) is 4.98 Å². The molecule has 23 heavy (non-hydrogen) atoms. The van der Waals surface area contributed by atoms with Crippen LogP contribution < -0.4 is 4.74 Å². The molecule has 7 nitrogen and oxygen atoms in total. The second-order valence-electron chi connectivity index (χ2n) is 4.21. The van der Waals surface area contributed by atoms with Crippen molar-refractivity contribution in [3.8, 4) is 5.75 Å². The van der Waals surface area contributed by atoms with Crippen molar-refractivity contribution < 1.29 is 28.9 Å². The van der Waals surface area contributed by atoms with E-state index in [9.17, 15) is 9.59 Å². The number of rotatable bonds is 3. The number of H-pyrrole nitrogens is 1. The Morgan fingerprint density at radius 3 is 2.22 bits per heavy atom. The molecular formula is C15H18ClNO6. The quantitative estimate of drug-likeness (QED) is 0.830. The van der Waals surface area contributed by atoms with E-state index < -0.39 is 11.9 Å². The van der Waals surface area contributed by atoms with Crippen LogP contribution in [-0.4, -0.2) is 50.0 Å². The van der Waals surface area contributed by atoms with E-state index in [-0.39, 0.29) is 17.9 Å². The summed E-state index contributed by atoms with van der Waals surface area (Å²) in [4.78, 5) is 26.4. The van der Waals surface area contributed by atoms with Gasteiger partial charge in [-0.15, -0.1) is 0 Å². The highest BCUT2D eigenvalue weighted by Crippen LogP contribution is 2.33. The number of aromatic amines is 1. The molecule has 2 rings (SSSR count). The average molecular weight is 344 g/mol. The molecule has 0 bridgehead atoms. The first-order chi connectivity index (χ1) is 10.9. The SMILES string of the molecule is CCO.COC(=O)c1[nH]c2cc(Cl)c(OC)cc2c1C(=O)OC. The molecule has 0 aliphatic heterocycles. The van der Waals surface area contributed by atoms with Crippen molar-refractivity contribution in [3.05, 3.63) is 28.4 Å². The topological polar surface area (TPSA) is 97.9 Å². The molecule has 0 fully saturated rings. The number of esters is 2. The maximum absolute atomic E-state index is 11.9. The Morgan fingerprint density at radius 2 is 1.74 bits per heavy atom. The van der Waals surface area contributed by atoms with Crippen LogP contribution in [0.25, 0.3) is 10.9 Å². The molecular weight excluding hydrogens is 326 g/mol. The number of methoxy groups -OCH3 is 3. The predicted molar refractivity (Wildman–Crippen MR) is 85.3 cm³/mol. The molecule has 1 aromatic carbocycles. The highest BCUT2D eigenvalue weighted by Gasteiger charge is 2.25. The summed E-state index contributed by atoms with van der Waals surface area (Å²) in [6.45, 7) is 1.93. The Morgan fingerprint density at radius 1 is 1.17 bits per heavy atom. The zero-order valence-electron chi connectivity index (χ0n) is 13.2. The maximum Gasteiger partial charge on any atom is 0.355 e. The summed E-state index contributed by atoms with van der Waals surface area (Å²) in [5.41, 5.74) is 0.611. The normalized spacial score (nSPS) is 9.83. The van der Waals surface area contributed by atoms with E-state index in [1.165, 1.54) is 21.3 Å². The van der Waals surface area contributed by atoms with Crippen LogP contribution in [0.3, 0.4) is 0 Å². The third kappa shape index (κ3) is 3.94. The summed E-state index contributed by atoms with van der Waals surface area (Å²) in [5, 5.41) is 8.40. The number of carbonyl (C=O) groups excluding carboxylic acids is 2. The molecule has 2 aromatic rings. The molecule has 0 radical (unpaired) electrons. The number of hydrogen-bond acceptors (Lipinski definition) is 6. The molecule has 0 spiro atoms. The Bertz CT molecular complexity index is 710. The first kappa shape index (κ1) is 18.8. The summed E-state index contributed by atoms with van der Waals surface area (Å²) >= 11 is 6.01. The number of carbonyl (C=O) groups is 2. The lowest BCUT2D eigenvalue weighted by molar-refractivity contribution is 0.0553. The molecule has 0 aliphatic rings. The Kier molecular flexibility index (Phi) is 6.87. The summed E-state index contributed by atoms with van der Waals surface area (Å²) in [6, 6.07) is 3.13. The first-order valence-electron chi connectivity index (χ1n) is 6.61. The van der Waals surface area contributed by atoms with E-state index in [0.29, 0.717) is 21.7 Å². The van der Waals surface area contributed by atoms with Crippen LogP contribution in [-0.2, 0) is 9.47 Å². The minimum atomic E-state index is -0.670. The minimum absolute atomic E-state index is 0.0127. The van der Waals surface area contributed by atoms with Gasteiger partial charge in [0.15, 0.2) is 0 Å². The van der Waals surface area contributed by atoms with Crippen molar-refractivity contribution in [2.75, 3.05) is 27.9 Å². The van der Waals surface area contributed by atoms with E-state index in [1.54, 1.807) is 19.1 Å². The van der Waals surface area contributed by atoms with Gasteiger partial charge in [-0.2, -0.15) is 0 Å². The Hall–Kier alpha value is -2.25. The second-order valence-corrected chi connectivity index (χ2v) is 4.61. The molecule has 0 saturated carbocycles. The van der Waals surface area contributed by atoms with Gasteiger partial charge in [0.25, 0.3) is 0 Å². The van der Waals surface area contributed by atoms with Crippen LogP contribution in [0, 0.1) is 0 Å². The van der Waals surface area contributed by atoms with Gasteiger partial charge >= 0.3 is 11.9 Å². The van der Waals surface area contributed by atoms with Gasteiger partial charge in [0.1, 0.15) is 11.4 Å². The summed E-state index contributed by atoms with van der Waals surface area (Å²) < 4.78 is 14.5. The third-order valence-corrected chi connectivity index (χ3v) is 3.15. The number of hydrogen-bond donors (Lipinski definition) is 2. The molecule has 2 N–H and O–H groups in total. The highest BCUT2D eigenvalue weighted by atomic mass is 35.5. The minimum Gasteiger partial charge on any atom is -0.495 e. The number of aromatic nitrogens is 1. The Balaban J connectivity index is 0.000000816. The summed E-state index contributed by atoms with van der Waals surface area (Å²) in [7, 11) is 3.91. The molecule has 0 atom stereocenters. The van der Waals surface area contributed by atoms with Gasteiger partial charge in [-0.25, -0.2) is 9.59 Å². The zero-order valence-corrected chi connectivity index (χ0v) is 14.0.